The predicted octanol–water partition coefficient (Wildman–Crippen LogP) is 2.91. The number of rotatable bonds is 5. The van der Waals surface area contributed by atoms with Gasteiger partial charge in [0.2, 0.25) is 5.91 Å². The third-order valence-electron chi connectivity index (χ3n) is 4.75. The number of hydrogen-bond donors (Lipinski definition) is 2. The Morgan fingerprint density at radius 1 is 1.19 bits per heavy atom. The van der Waals surface area contributed by atoms with E-state index >= 15 is 0 Å². The Morgan fingerprint density at radius 2 is 1.96 bits per heavy atom. The zero-order valence-corrected chi connectivity index (χ0v) is 15.0. The van der Waals surface area contributed by atoms with Crippen molar-refractivity contribution >= 4 is 17.5 Å². The summed E-state index contributed by atoms with van der Waals surface area (Å²) in [6, 6.07) is 12.6. The van der Waals surface area contributed by atoms with E-state index in [2.05, 4.69) is 16.7 Å². The number of aryl methyl sites for hydroxylation is 1. The van der Waals surface area contributed by atoms with Gasteiger partial charge in [0, 0.05) is 17.7 Å². The van der Waals surface area contributed by atoms with E-state index in [1.807, 2.05) is 18.2 Å². The molecule has 7 heteroatoms. The number of nitrogens with one attached hydrogen (secondary N) is 2. The molecule has 1 aliphatic rings. The molecule has 0 bridgehead atoms. The van der Waals surface area contributed by atoms with E-state index < -0.39 is 16.9 Å². The van der Waals surface area contributed by atoms with Crippen molar-refractivity contribution in [3.05, 3.63) is 75.3 Å². The summed E-state index contributed by atoms with van der Waals surface area (Å²) in [6.07, 6.45) is 2.85. The molecule has 2 aromatic carbocycles. The molecule has 2 N–H and O–H groups in total. The number of carbonyl (C=O) groups is 2. The first-order valence-electron chi connectivity index (χ1n) is 8.89. The lowest BCUT2D eigenvalue weighted by Crippen LogP contribution is -2.46. The van der Waals surface area contributed by atoms with Crippen molar-refractivity contribution in [2.24, 2.45) is 0 Å². The van der Waals surface area contributed by atoms with Crippen molar-refractivity contribution in [3.63, 3.8) is 0 Å². The maximum atomic E-state index is 12.5. The normalized spacial score (nSPS) is 16.7. The number of fused-ring (bicyclic) bond motifs is 1. The fourth-order valence-corrected chi connectivity index (χ4v) is 3.31. The van der Waals surface area contributed by atoms with E-state index in [-0.39, 0.29) is 23.2 Å². The zero-order chi connectivity index (χ0) is 19.4. The monoisotopic (exact) mass is 367 g/mol. The Labute approximate surface area is 156 Å². The molecule has 1 aliphatic carbocycles. The van der Waals surface area contributed by atoms with E-state index in [4.69, 9.17) is 0 Å². The molecule has 3 rings (SSSR count). The van der Waals surface area contributed by atoms with Crippen LogP contribution in [0.4, 0.5) is 5.69 Å². The number of hydrogen-bond acceptors (Lipinski definition) is 4. The number of amides is 2. The number of nitrogens with zero attached hydrogens (tertiary/aromatic N) is 1. The van der Waals surface area contributed by atoms with Gasteiger partial charge in [-0.15, -0.1) is 0 Å². The highest BCUT2D eigenvalue weighted by atomic mass is 16.6. The molecule has 7 nitrogen and oxygen atoms in total. The van der Waals surface area contributed by atoms with Crippen LogP contribution in [0.3, 0.4) is 0 Å². The molecule has 2 amide bonds. The second kappa shape index (κ2) is 7.99. The first-order chi connectivity index (χ1) is 13.0. The lowest BCUT2D eigenvalue weighted by atomic mass is 9.87. The van der Waals surface area contributed by atoms with Gasteiger partial charge in [-0.1, -0.05) is 30.3 Å². The Balaban J connectivity index is 1.64. The summed E-state index contributed by atoms with van der Waals surface area (Å²) >= 11 is 0. The molecule has 0 spiro atoms. The molecular formula is C20H21N3O4. The van der Waals surface area contributed by atoms with Gasteiger partial charge in [-0.25, -0.2) is 0 Å². The second-order valence-electron chi connectivity index (χ2n) is 6.65. The van der Waals surface area contributed by atoms with Gasteiger partial charge < -0.3 is 10.6 Å². The average Bonchev–Trinajstić information content (AvgIpc) is 2.68. The Kier molecular flexibility index (Phi) is 5.49. The van der Waals surface area contributed by atoms with Gasteiger partial charge in [0.15, 0.2) is 0 Å². The lowest BCUT2D eigenvalue weighted by molar-refractivity contribution is -0.384. The van der Waals surface area contributed by atoms with E-state index in [1.165, 1.54) is 29.8 Å². The minimum Gasteiger partial charge on any atom is -0.348 e. The molecule has 0 aromatic heterocycles. The molecule has 0 saturated carbocycles. The molecule has 2 unspecified atom stereocenters. The Hall–Kier alpha value is -3.22. The highest BCUT2D eigenvalue weighted by Crippen LogP contribution is 2.29. The Morgan fingerprint density at radius 3 is 2.74 bits per heavy atom. The van der Waals surface area contributed by atoms with Crippen molar-refractivity contribution in [3.8, 4) is 0 Å². The van der Waals surface area contributed by atoms with Crippen LogP contribution >= 0.6 is 0 Å². The van der Waals surface area contributed by atoms with Gasteiger partial charge in [0.25, 0.3) is 11.6 Å². The minimum absolute atomic E-state index is 0.0698. The van der Waals surface area contributed by atoms with Gasteiger partial charge in [0.1, 0.15) is 6.04 Å². The van der Waals surface area contributed by atoms with Gasteiger partial charge in [-0.2, -0.15) is 0 Å². The van der Waals surface area contributed by atoms with Crippen LogP contribution in [0.15, 0.2) is 48.5 Å². The molecular weight excluding hydrogens is 346 g/mol. The van der Waals surface area contributed by atoms with E-state index in [1.54, 1.807) is 6.92 Å². The summed E-state index contributed by atoms with van der Waals surface area (Å²) in [6.45, 7) is 1.60. The maximum Gasteiger partial charge on any atom is 0.270 e. The quantitative estimate of drug-likeness (QED) is 0.627. The van der Waals surface area contributed by atoms with E-state index in [0.717, 1.165) is 24.8 Å². The SMILES string of the molecule is CC(NC(=O)c1cccc([N+](=O)[O-])c1)C(=O)NC1CCCc2ccccc21. The van der Waals surface area contributed by atoms with Crippen molar-refractivity contribution in [1.29, 1.82) is 0 Å². The molecule has 0 heterocycles. The van der Waals surface area contributed by atoms with Crippen molar-refractivity contribution in [2.45, 2.75) is 38.3 Å². The zero-order valence-electron chi connectivity index (χ0n) is 15.0. The van der Waals surface area contributed by atoms with Crippen molar-refractivity contribution in [2.75, 3.05) is 0 Å². The van der Waals surface area contributed by atoms with E-state index in [9.17, 15) is 19.7 Å². The smallest absolute Gasteiger partial charge is 0.270 e. The highest BCUT2D eigenvalue weighted by Gasteiger charge is 2.24. The third-order valence-corrected chi connectivity index (χ3v) is 4.75. The molecule has 2 aromatic rings. The fourth-order valence-electron chi connectivity index (χ4n) is 3.31. The Bertz CT molecular complexity index is 881. The predicted molar refractivity (Wildman–Crippen MR) is 100 cm³/mol. The summed E-state index contributed by atoms with van der Waals surface area (Å²) in [5, 5.41) is 16.4. The van der Waals surface area contributed by atoms with Crippen molar-refractivity contribution in [1.82, 2.24) is 10.6 Å². The first kappa shape index (κ1) is 18.6. The largest absolute Gasteiger partial charge is 0.348 e. The fraction of sp³-hybridized carbons (Fsp3) is 0.300. The van der Waals surface area contributed by atoms with Crippen LogP contribution in [0, 0.1) is 10.1 Å². The van der Waals surface area contributed by atoms with Crippen LogP contribution in [0.2, 0.25) is 0 Å². The van der Waals surface area contributed by atoms with Crippen molar-refractivity contribution < 1.29 is 14.5 Å². The summed E-state index contributed by atoms with van der Waals surface area (Å²) in [5.74, 6) is -0.805. The summed E-state index contributed by atoms with van der Waals surface area (Å²) < 4.78 is 0. The lowest BCUT2D eigenvalue weighted by Gasteiger charge is -2.27. The van der Waals surface area contributed by atoms with Gasteiger partial charge in [-0.05, 0) is 43.4 Å². The second-order valence-corrected chi connectivity index (χ2v) is 6.65. The van der Waals surface area contributed by atoms with Crippen LogP contribution in [0.1, 0.15) is 47.3 Å². The molecule has 0 radical (unpaired) electrons. The number of non-ortho nitro benzene ring substituents is 1. The van der Waals surface area contributed by atoms with Crippen LogP contribution in [0.25, 0.3) is 0 Å². The number of nitro groups is 1. The molecule has 0 fully saturated rings. The minimum atomic E-state index is -0.758. The summed E-state index contributed by atoms with van der Waals surface area (Å²) in [4.78, 5) is 35.1. The molecule has 140 valence electrons. The average molecular weight is 367 g/mol. The van der Waals surface area contributed by atoms with Crippen LogP contribution in [0.5, 0.6) is 0 Å². The maximum absolute atomic E-state index is 12.5. The number of carbonyl (C=O) groups excluding carboxylic acids is 2. The number of benzene rings is 2. The van der Waals surface area contributed by atoms with Crippen LogP contribution in [-0.4, -0.2) is 22.8 Å². The van der Waals surface area contributed by atoms with Gasteiger partial charge in [-0.3, -0.25) is 19.7 Å². The summed E-state index contributed by atoms with van der Waals surface area (Å²) in [7, 11) is 0. The van der Waals surface area contributed by atoms with Gasteiger partial charge >= 0.3 is 0 Å². The molecule has 2 atom stereocenters. The van der Waals surface area contributed by atoms with Gasteiger partial charge in [0.05, 0.1) is 11.0 Å². The summed E-state index contributed by atoms with van der Waals surface area (Å²) in [5.41, 5.74) is 2.34. The first-order valence-corrected chi connectivity index (χ1v) is 8.89. The topological polar surface area (TPSA) is 101 Å². The molecule has 27 heavy (non-hydrogen) atoms. The highest BCUT2D eigenvalue weighted by molar-refractivity contribution is 5.97. The van der Waals surface area contributed by atoms with Crippen LogP contribution in [-0.2, 0) is 11.2 Å². The van der Waals surface area contributed by atoms with E-state index in [0.29, 0.717) is 0 Å². The van der Waals surface area contributed by atoms with Crippen LogP contribution < -0.4 is 10.6 Å². The molecule has 0 saturated heterocycles. The number of nitro benzene ring substituents is 1. The molecule has 0 aliphatic heterocycles. The standard InChI is InChI=1S/C20H21N3O4/c1-13(21-20(25)15-8-4-9-16(12-15)23(26)27)19(24)22-18-11-5-7-14-6-2-3-10-17(14)18/h2-4,6,8-10,12-13,18H,5,7,11H2,1H3,(H,21,25)(H,22,24). The third kappa shape index (κ3) is 4.31.